The highest BCUT2D eigenvalue weighted by molar-refractivity contribution is 9.11. The van der Waals surface area contributed by atoms with Crippen LogP contribution < -0.4 is 19.6 Å². The van der Waals surface area contributed by atoms with Crippen molar-refractivity contribution in [3.05, 3.63) is 110 Å². The fourth-order valence-corrected chi connectivity index (χ4v) is 5.99. The van der Waals surface area contributed by atoms with Crippen LogP contribution in [0.2, 0.25) is 5.02 Å². The molecule has 0 aliphatic heterocycles. The lowest BCUT2D eigenvalue weighted by Gasteiger charge is -2.11. The number of hydrazone groups is 1. The van der Waals surface area contributed by atoms with E-state index in [4.69, 9.17) is 25.8 Å². The maximum absolute atomic E-state index is 13.5. The van der Waals surface area contributed by atoms with E-state index < -0.39 is 11.9 Å². The zero-order valence-electron chi connectivity index (χ0n) is 22.9. The van der Waals surface area contributed by atoms with E-state index in [1.54, 1.807) is 49.6 Å². The van der Waals surface area contributed by atoms with Crippen molar-refractivity contribution in [1.29, 1.82) is 0 Å². The third-order valence-corrected chi connectivity index (χ3v) is 7.76. The summed E-state index contributed by atoms with van der Waals surface area (Å²) in [4.78, 5) is 29.6. The molecule has 11 heteroatoms. The van der Waals surface area contributed by atoms with Crippen LogP contribution in [0.5, 0.6) is 17.2 Å². The van der Waals surface area contributed by atoms with Gasteiger partial charge in [0, 0.05) is 37.1 Å². The highest BCUT2D eigenvalue weighted by Crippen LogP contribution is 2.38. The number of halogens is 3. The first-order chi connectivity index (χ1) is 20.8. The molecule has 4 aromatic carbocycles. The lowest BCUT2D eigenvalue weighted by atomic mass is 10.0. The van der Waals surface area contributed by atoms with E-state index in [9.17, 15) is 9.59 Å². The predicted octanol–water partition coefficient (Wildman–Crippen LogP) is 8.40. The van der Waals surface area contributed by atoms with Crippen LogP contribution in [0.4, 0.5) is 0 Å². The van der Waals surface area contributed by atoms with E-state index in [1.807, 2.05) is 43.3 Å². The van der Waals surface area contributed by atoms with Gasteiger partial charge in [0.1, 0.15) is 17.2 Å². The molecule has 0 atom stereocenters. The highest BCUT2D eigenvalue weighted by Gasteiger charge is 2.22. The summed E-state index contributed by atoms with van der Waals surface area (Å²) in [6, 6.07) is 22.9. The number of carbonyl (C=O) groups is 2. The molecule has 1 aromatic heterocycles. The number of nitrogens with one attached hydrogen (secondary N) is 2. The standard InChI is InChI=1S/C32H24Br2ClN3O5/c1-3-42-22-12-13-27-24(16-22)28(23-6-4-5-7-26(23)35)29(37-27)31(39)38-36-17-19-14-20(33)15-25(34)30(19)43-32(40)18-8-10-21(41-2)11-9-18/h4-17,37H,3H2,1-2H3,(H,38,39). The third kappa shape index (κ3) is 6.77. The summed E-state index contributed by atoms with van der Waals surface area (Å²) in [7, 11) is 1.55. The van der Waals surface area contributed by atoms with Crippen molar-refractivity contribution < 1.29 is 23.8 Å². The minimum Gasteiger partial charge on any atom is -0.497 e. The Morgan fingerprint density at radius 1 is 1.00 bits per heavy atom. The number of amides is 1. The largest absolute Gasteiger partial charge is 0.497 e. The molecule has 0 aliphatic carbocycles. The van der Waals surface area contributed by atoms with E-state index in [0.29, 0.717) is 54.3 Å². The van der Waals surface area contributed by atoms with Gasteiger partial charge in [-0.3, -0.25) is 4.79 Å². The van der Waals surface area contributed by atoms with E-state index in [-0.39, 0.29) is 11.4 Å². The average molecular weight is 726 g/mol. The van der Waals surface area contributed by atoms with Gasteiger partial charge in [0.05, 0.1) is 30.0 Å². The molecule has 43 heavy (non-hydrogen) atoms. The zero-order chi connectivity index (χ0) is 30.5. The number of esters is 1. The first kappa shape index (κ1) is 30.3. The number of hydrogen-bond acceptors (Lipinski definition) is 6. The van der Waals surface area contributed by atoms with E-state index in [2.05, 4.69) is 47.4 Å². The summed E-state index contributed by atoms with van der Waals surface area (Å²) >= 11 is 13.5. The van der Waals surface area contributed by atoms with Crippen LogP contribution in [-0.4, -0.2) is 36.8 Å². The molecule has 0 spiro atoms. The Morgan fingerprint density at radius 2 is 1.74 bits per heavy atom. The molecule has 0 bridgehead atoms. The number of rotatable bonds is 9. The SMILES string of the molecule is CCOc1ccc2[nH]c(C(=O)NN=Cc3cc(Br)cc(Br)c3OC(=O)c3ccc(OC)cc3)c(-c3ccccc3Cl)c2c1. The van der Waals surface area contributed by atoms with Gasteiger partial charge >= 0.3 is 5.97 Å². The van der Waals surface area contributed by atoms with Crippen molar-refractivity contribution in [3.63, 3.8) is 0 Å². The number of hydrogen-bond donors (Lipinski definition) is 2. The maximum Gasteiger partial charge on any atom is 0.343 e. The maximum atomic E-state index is 13.5. The molecule has 1 heterocycles. The number of benzene rings is 4. The molecule has 0 radical (unpaired) electrons. The number of aromatic nitrogens is 1. The van der Waals surface area contributed by atoms with Crippen LogP contribution in [0.1, 0.15) is 33.3 Å². The van der Waals surface area contributed by atoms with Gasteiger partial charge in [-0.15, -0.1) is 0 Å². The molecule has 2 N–H and O–H groups in total. The second kappa shape index (κ2) is 13.5. The smallest absolute Gasteiger partial charge is 0.343 e. The summed E-state index contributed by atoms with van der Waals surface area (Å²) in [5.41, 5.74) is 5.67. The summed E-state index contributed by atoms with van der Waals surface area (Å²) in [5, 5.41) is 5.45. The van der Waals surface area contributed by atoms with Crippen molar-refractivity contribution in [2.45, 2.75) is 6.92 Å². The van der Waals surface area contributed by atoms with E-state index in [1.165, 1.54) is 6.21 Å². The quantitative estimate of drug-likeness (QED) is 0.0688. The molecule has 0 saturated heterocycles. The Balaban J connectivity index is 1.45. The summed E-state index contributed by atoms with van der Waals surface area (Å²) < 4.78 is 17.8. The van der Waals surface area contributed by atoms with Gasteiger partial charge in [-0.1, -0.05) is 45.7 Å². The van der Waals surface area contributed by atoms with Gasteiger partial charge in [-0.05, 0) is 83.5 Å². The number of nitrogens with zero attached hydrogens (tertiary/aromatic N) is 1. The number of ether oxygens (including phenoxy) is 3. The Labute approximate surface area is 269 Å². The Morgan fingerprint density at radius 3 is 2.47 bits per heavy atom. The molecule has 218 valence electrons. The first-order valence-electron chi connectivity index (χ1n) is 13.0. The summed E-state index contributed by atoms with van der Waals surface area (Å²) in [6.45, 7) is 2.41. The molecule has 8 nitrogen and oxygen atoms in total. The number of fused-ring (bicyclic) bond motifs is 1. The Hall–Kier alpha value is -4.12. The van der Waals surface area contributed by atoms with Crippen LogP contribution in [0.25, 0.3) is 22.0 Å². The summed E-state index contributed by atoms with van der Waals surface area (Å²) in [6.07, 6.45) is 1.40. The summed E-state index contributed by atoms with van der Waals surface area (Å²) in [5.74, 6) is 0.453. The Kier molecular flexibility index (Phi) is 9.49. The second-order valence-corrected chi connectivity index (χ2v) is 11.3. The minimum atomic E-state index is -0.571. The van der Waals surface area contributed by atoms with Crippen LogP contribution in [0.15, 0.2) is 92.9 Å². The van der Waals surface area contributed by atoms with Gasteiger partial charge in [-0.2, -0.15) is 5.10 Å². The number of aromatic amines is 1. The lowest BCUT2D eigenvalue weighted by Crippen LogP contribution is -2.19. The normalized spacial score (nSPS) is 11.1. The fourth-order valence-electron chi connectivity index (χ4n) is 4.42. The molecule has 5 aromatic rings. The predicted molar refractivity (Wildman–Crippen MR) is 175 cm³/mol. The van der Waals surface area contributed by atoms with E-state index in [0.717, 1.165) is 10.9 Å². The van der Waals surface area contributed by atoms with Gasteiger partial charge < -0.3 is 19.2 Å². The topological polar surface area (TPSA) is 102 Å². The highest BCUT2D eigenvalue weighted by atomic mass is 79.9. The van der Waals surface area contributed by atoms with Crippen molar-refractivity contribution >= 4 is 72.5 Å². The van der Waals surface area contributed by atoms with E-state index >= 15 is 0 Å². The number of H-pyrrole nitrogens is 1. The van der Waals surface area contributed by atoms with Gasteiger partial charge in [0.25, 0.3) is 5.91 Å². The molecular weight excluding hydrogens is 702 g/mol. The first-order valence-corrected chi connectivity index (χ1v) is 15.0. The van der Waals surface area contributed by atoms with Crippen molar-refractivity contribution in [3.8, 4) is 28.4 Å². The average Bonchev–Trinajstić information content (AvgIpc) is 3.38. The van der Waals surface area contributed by atoms with Gasteiger partial charge in [0.15, 0.2) is 5.75 Å². The van der Waals surface area contributed by atoms with Crippen LogP contribution >= 0.6 is 43.5 Å². The monoisotopic (exact) mass is 723 g/mol. The molecule has 0 saturated carbocycles. The van der Waals surface area contributed by atoms with Crippen LogP contribution in [0.3, 0.4) is 0 Å². The number of carbonyl (C=O) groups excluding carboxylic acids is 2. The number of methoxy groups -OCH3 is 1. The molecule has 0 fully saturated rings. The van der Waals surface area contributed by atoms with Crippen LogP contribution in [-0.2, 0) is 0 Å². The molecule has 0 unspecified atom stereocenters. The molecule has 1 amide bonds. The van der Waals surface area contributed by atoms with Gasteiger partial charge in [0.2, 0.25) is 0 Å². The van der Waals surface area contributed by atoms with Crippen LogP contribution in [0, 0.1) is 0 Å². The minimum absolute atomic E-state index is 0.229. The second-order valence-electron chi connectivity index (χ2n) is 9.12. The molecule has 5 rings (SSSR count). The van der Waals surface area contributed by atoms with Crippen molar-refractivity contribution in [2.75, 3.05) is 13.7 Å². The zero-order valence-corrected chi connectivity index (χ0v) is 26.8. The van der Waals surface area contributed by atoms with Crippen molar-refractivity contribution in [1.82, 2.24) is 10.4 Å². The molecule has 0 aliphatic rings. The Bertz CT molecular complexity index is 1850. The fraction of sp³-hybridized carbons (Fsp3) is 0.0938. The lowest BCUT2D eigenvalue weighted by molar-refractivity contribution is 0.0732. The molecular formula is C32H24Br2ClN3O5. The third-order valence-electron chi connectivity index (χ3n) is 6.38. The van der Waals surface area contributed by atoms with Crippen molar-refractivity contribution in [2.24, 2.45) is 5.10 Å². The van der Waals surface area contributed by atoms with Gasteiger partial charge in [-0.25, -0.2) is 10.2 Å².